The third-order valence-corrected chi connectivity index (χ3v) is 5.28. The van der Waals surface area contributed by atoms with E-state index in [0.717, 1.165) is 5.56 Å². The van der Waals surface area contributed by atoms with Crippen LogP contribution < -0.4 is 0 Å². The number of ether oxygens (including phenoxy) is 2. The smallest absolute Gasteiger partial charge is 0.342 e. The van der Waals surface area contributed by atoms with Crippen LogP contribution in [0.4, 0.5) is 0 Å². The Bertz CT molecular complexity index is 1150. The lowest BCUT2D eigenvalue weighted by molar-refractivity contribution is -0.132. The highest BCUT2D eigenvalue weighted by atomic mass is 16.6. The van der Waals surface area contributed by atoms with Crippen molar-refractivity contribution in [2.24, 2.45) is 5.92 Å². The standard InChI is InChI=1S/C25H18N2O4/c1-27-23-22(17-11-6-3-7-12-17)20(31-25(23)29)14-8-13-19-21(16-9-4-2-5-10-16)18(15-26)24(28)30-19/h2-14,18-19,21,24,28H. The summed E-state index contributed by atoms with van der Waals surface area (Å²) in [5.74, 6) is -1.47. The zero-order valence-corrected chi connectivity index (χ0v) is 16.4. The average molecular weight is 410 g/mol. The van der Waals surface area contributed by atoms with Crippen molar-refractivity contribution in [3.05, 3.63) is 113 Å². The van der Waals surface area contributed by atoms with Gasteiger partial charge >= 0.3 is 5.97 Å². The number of carbonyl (C=O) groups excluding carboxylic acids is 1. The number of hydrogen-bond acceptors (Lipinski definition) is 5. The second-order valence-corrected chi connectivity index (χ2v) is 7.09. The number of benzene rings is 2. The summed E-state index contributed by atoms with van der Waals surface area (Å²) in [6.07, 6.45) is 3.23. The lowest BCUT2D eigenvalue weighted by Crippen LogP contribution is -2.18. The second-order valence-electron chi connectivity index (χ2n) is 7.09. The number of rotatable bonds is 4. The molecule has 0 aliphatic carbocycles. The first kappa shape index (κ1) is 20.3. The maximum atomic E-state index is 12.1. The average Bonchev–Trinajstić information content (AvgIpc) is 3.30. The molecule has 0 bridgehead atoms. The molecular weight excluding hydrogens is 392 g/mol. The van der Waals surface area contributed by atoms with Gasteiger partial charge in [0.15, 0.2) is 6.29 Å². The molecule has 2 heterocycles. The number of aliphatic hydroxyl groups excluding tert-OH is 1. The Kier molecular flexibility index (Phi) is 5.77. The quantitative estimate of drug-likeness (QED) is 0.609. The predicted octanol–water partition coefficient (Wildman–Crippen LogP) is 3.95. The van der Waals surface area contributed by atoms with Gasteiger partial charge in [-0.3, -0.25) is 4.79 Å². The van der Waals surface area contributed by atoms with Crippen molar-refractivity contribution in [1.82, 2.24) is 0 Å². The highest BCUT2D eigenvalue weighted by molar-refractivity contribution is 6.08. The molecule has 2 aliphatic rings. The molecule has 6 nitrogen and oxygen atoms in total. The van der Waals surface area contributed by atoms with E-state index in [0.29, 0.717) is 11.1 Å². The van der Waals surface area contributed by atoms with Crippen molar-refractivity contribution in [3.8, 4) is 6.07 Å². The summed E-state index contributed by atoms with van der Waals surface area (Å²) in [6.45, 7) is 7.34. The summed E-state index contributed by atoms with van der Waals surface area (Å²) in [6, 6.07) is 20.7. The van der Waals surface area contributed by atoms with Crippen LogP contribution in [0.3, 0.4) is 0 Å². The van der Waals surface area contributed by atoms with Crippen molar-refractivity contribution < 1.29 is 19.4 Å². The summed E-state index contributed by atoms with van der Waals surface area (Å²) in [5, 5.41) is 19.7. The van der Waals surface area contributed by atoms with Crippen LogP contribution in [0.2, 0.25) is 0 Å². The minimum atomic E-state index is -1.20. The van der Waals surface area contributed by atoms with Gasteiger partial charge in [0, 0.05) is 11.5 Å². The van der Waals surface area contributed by atoms with Gasteiger partial charge in [-0.2, -0.15) is 5.26 Å². The number of esters is 1. The van der Waals surface area contributed by atoms with Gasteiger partial charge in [0.25, 0.3) is 5.70 Å². The topological polar surface area (TPSA) is 83.9 Å². The van der Waals surface area contributed by atoms with Crippen molar-refractivity contribution >= 4 is 11.5 Å². The first-order valence-corrected chi connectivity index (χ1v) is 9.70. The fraction of sp³-hybridized carbons (Fsp3) is 0.160. The van der Waals surface area contributed by atoms with Crippen molar-refractivity contribution in [2.75, 3.05) is 0 Å². The molecule has 2 aliphatic heterocycles. The third kappa shape index (κ3) is 3.91. The number of aliphatic hydroxyl groups is 1. The van der Waals surface area contributed by atoms with E-state index in [-0.39, 0.29) is 17.4 Å². The van der Waals surface area contributed by atoms with Crippen LogP contribution >= 0.6 is 0 Å². The van der Waals surface area contributed by atoms with E-state index in [1.165, 1.54) is 0 Å². The first-order chi connectivity index (χ1) is 15.1. The maximum Gasteiger partial charge on any atom is 0.342 e. The minimum absolute atomic E-state index is 0.0647. The molecule has 0 amide bonds. The normalized spacial score (nSPS) is 26.8. The molecule has 2 aromatic rings. The molecule has 0 saturated carbocycles. The number of nitrogens with zero attached hydrogens (tertiary/aromatic N) is 2. The number of allylic oxidation sites excluding steroid dienone is 3. The molecule has 0 aromatic heterocycles. The highest BCUT2D eigenvalue weighted by Crippen LogP contribution is 2.40. The van der Waals surface area contributed by atoms with Crippen LogP contribution in [0.15, 0.2) is 90.3 Å². The molecular formula is C25H18N2O4. The predicted molar refractivity (Wildman–Crippen MR) is 112 cm³/mol. The van der Waals surface area contributed by atoms with Crippen LogP contribution in [0.25, 0.3) is 10.4 Å². The van der Waals surface area contributed by atoms with Gasteiger partial charge in [-0.25, -0.2) is 4.85 Å². The molecule has 31 heavy (non-hydrogen) atoms. The minimum Gasteiger partial charge on any atom is -0.432 e. The summed E-state index contributed by atoms with van der Waals surface area (Å²) in [4.78, 5) is 15.5. The van der Waals surface area contributed by atoms with Crippen molar-refractivity contribution in [1.29, 1.82) is 5.26 Å². The lowest BCUT2D eigenvalue weighted by Gasteiger charge is -2.17. The van der Waals surface area contributed by atoms with Gasteiger partial charge < -0.3 is 14.6 Å². The van der Waals surface area contributed by atoms with E-state index in [1.807, 2.05) is 48.5 Å². The summed E-state index contributed by atoms with van der Waals surface area (Å²) in [5.41, 5.74) is 1.97. The van der Waals surface area contributed by atoms with Crippen molar-refractivity contribution in [3.63, 3.8) is 0 Å². The van der Waals surface area contributed by atoms with Crippen LogP contribution in [-0.2, 0) is 14.3 Å². The molecule has 2 aromatic carbocycles. The SMILES string of the molecule is [C-]#[N+]C1=C(c2ccccc2)C(=CC=CC2OC(O)C(C#N)C2c2ccccc2)OC1=O. The Morgan fingerprint density at radius 1 is 1.10 bits per heavy atom. The molecule has 1 N–H and O–H groups in total. The molecule has 152 valence electrons. The number of nitriles is 1. The van der Waals surface area contributed by atoms with Crippen LogP contribution in [-0.4, -0.2) is 23.5 Å². The first-order valence-electron chi connectivity index (χ1n) is 9.70. The monoisotopic (exact) mass is 410 g/mol. The highest BCUT2D eigenvalue weighted by Gasteiger charge is 2.43. The van der Waals surface area contributed by atoms with Gasteiger partial charge in [0.2, 0.25) is 0 Å². The van der Waals surface area contributed by atoms with E-state index in [1.54, 1.807) is 30.4 Å². The van der Waals surface area contributed by atoms with Gasteiger partial charge in [-0.05, 0) is 17.2 Å². The summed E-state index contributed by atoms with van der Waals surface area (Å²) < 4.78 is 10.9. The van der Waals surface area contributed by atoms with E-state index in [4.69, 9.17) is 16.0 Å². The molecule has 4 atom stereocenters. The van der Waals surface area contributed by atoms with Crippen molar-refractivity contribution in [2.45, 2.75) is 18.3 Å². The molecule has 0 radical (unpaired) electrons. The van der Waals surface area contributed by atoms with Gasteiger partial charge in [-0.1, -0.05) is 72.8 Å². The lowest BCUT2D eigenvalue weighted by atomic mass is 9.84. The Morgan fingerprint density at radius 3 is 2.42 bits per heavy atom. The Hall–Kier alpha value is -3.97. The van der Waals surface area contributed by atoms with E-state index < -0.39 is 24.3 Å². The van der Waals surface area contributed by atoms with Gasteiger partial charge in [0.05, 0.1) is 18.7 Å². The Balaban J connectivity index is 1.65. The molecule has 1 fully saturated rings. The van der Waals surface area contributed by atoms with E-state index in [2.05, 4.69) is 10.9 Å². The summed E-state index contributed by atoms with van der Waals surface area (Å²) >= 11 is 0. The van der Waals surface area contributed by atoms with E-state index in [9.17, 15) is 15.2 Å². The molecule has 6 heteroatoms. The van der Waals surface area contributed by atoms with E-state index >= 15 is 0 Å². The van der Waals surface area contributed by atoms with Gasteiger partial charge in [-0.15, -0.1) is 0 Å². The Labute approximate surface area is 179 Å². The number of carbonyl (C=O) groups is 1. The molecule has 4 rings (SSSR count). The molecule has 0 spiro atoms. The van der Waals surface area contributed by atoms with Crippen LogP contribution in [0.1, 0.15) is 17.0 Å². The van der Waals surface area contributed by atoms with Crippen LogP contribution in [0.5, 0.6) is 0 Å². The fourth-order valence-corrected chi connectivity index (χ4v) is 3.87. The largest absolute Gasteiger partial charge is 0.432 e. The number of hydrogen-bond donors (Lipinski definition) is 1. The van der Waals surface area contributed by atoms with Gasteiger partial charge in [0.1, 0.15) is 11.7 Å². The zero-order chi connectivity index (χ0) is 21.8. The molecule has 1 saturated heterocycles. The second kappa shape index (κ2) is 8.81. The number of cyclic esters (lactones) is 1. The third-order valence-electron chi connectivity index (χ3n) is 5.28. The van der Waals surface area contributed by atoms with Crippen LogP contribution in [0, 0.1) is 23.8 Å². The zero-order valence-electron chi connectivity index (χ0n) is 16.4. The fourth-order valence-electron chi connectivity index (χ4n) is 3.87. The Morgan fingerprint density at radius 2 is 1.77 bits per heavy atom. The summed E-state index contributed by atoms with van der Waals surface area (Å²) in [7, 11) is 0. The molecule has 4 unspecified atom stereocenters. The maximum absolute atomic E-state index is 12.1.